The molecule has 1 amide bonds. The first-order chi connectivity index (χ1) is 8.02. The van der Waals surface area contributed by atoms with E-state index in [2.05, 4.69) is 0 Å². The lowest BCUT2D eigenvalue weighted by Crippen LogP contribution is -2.29. The molecule has 92 valence electrons. The lowest BCUT2D eigenvalue weighted by Gasteiger charge is -2.19. The van der Waals surface area contributed by atoms with Crippen LogP contribution >= 0.6 is 0 Å². The molecule has 7 nitrogen and oxygen atoms in total. The SMILES string of the molecule is CCN(C(=O)O)c1c(OC)cccc1[N+](=O)[O-]. The van der Waals surface area contributed by atoms with Crippen LogP contribution in [0.5, 0.6) is 5.75 Å². The van der Waals surface area contributed by atoms with E-state index < -0.39 is 11.0 Å². The molecule has 1 N–H and O–H groups in total. The van der Waals surface area contributed by atoms with Gasteiger partial charge in [0.05, 0.1) is 12.0 Å². The fourth-order valence-electron chi connectivity index (χ4n) is 1.48. The first-order valence-electron chi connectivity index (χ1n) is 4.84. The van der Waals surface area contributed by atoms with E-state index in [1.165, 1.54) is 25.3 Å². The number of nitro groups is 1. The van der Waals surface area contributed by atoms with Gasteiger partial charge in [-0.3, -0.25) is 15.0 Å². The molecule has 0 fully saturated rings. The summed E-state index contributed by atoms with van der Waals surface area (Å²) in [4.78, 5) is 22.1. The minimum absolute atomic E-state index is 0.0463. The summed E-state index contributed by atoms with van der Waals surface area (Å²) in [7, 11) is 1.33. The molecule has 0 saturated carbocycles. The number of amides is 1. The molecule has 0 radical (unpaired) electrons. The monoisotopic (exact) mass is 240 g/mol. The second-order valence-corrected chi connectivity index (χ2v) is 3.11. The summed E-state index contributed by atoms with van der Waals surface area (Å²) in [5.74, 6) is 0.156. The second-order valence-electron chi connectivity index (χ2n) is 3.11. The Labute approximate surface area is 97.4 Å². The maximum Gasteiger partial charge on any atom is 0.412 e. The van der Waals surface area contributed by atoms with Crippen LogP contribution in [0.4, 0.5) is 16.2 Å². The van der Waals surface area contributed by atoms with E-state index in [0.29, 0.717) is 0 Å². The number of benzene rings is 1. The summed E-state index contributed by atoms with van der Waals surface area (Å²) in [6, 6.07) is 4.16. The predicted octanol–water partition coefficient (Wildman–Crippen LogP) is 2.11. The highest BCUT2D eigenvalue weighted by atomic mass is 16.6. The normalized spacial score (nSPS) is 9.76. The third-order valence-electron chi connectivity index (χ3n) is 2.21. The van der Waals surface area contributed by atoms with Crippen LogP contribution in [-0.4, -0.2) is 29.8 Å². The van der Waals surface area contributed by atoms with Crippen LogP contribution in [-0.2, 0) is 0 Å². The van der Waals surface area contributed by atoms with Gasteiger partial charge in [0.15, 0.2) is 5.69 Å². The predicted molar refractivity (Wildman–Crippen MR) is 60.7 cm³/mol. The number of nitrogens with zero attached hydrogens (tertiary/aromatic N) is 2. The minimum Gasteiger partial charge on any atom is -0.494 e. The van der Waals surface area contributed by atoms with Crippen molar-refractivity contribution < 1.29 is 19.6 Å². The van der Waals surface area contributed by atoms with Crippen molar-refractivity contribution in [1.29, 1.82) is 0 Å². The molecular weight excluding hydrogens is 228 g/mol. The van der Waals surface area contributed by atoms with Crippen molar-refractivity contribution in [2.24, 2.45) is 0 Å². The van der Waals surface area contributed by atoms with E-state index >= 15 is 0 Å². The minimum atomic E-state index is -1.26. The van der Waals surface area contributed by atoms with Crippen LogP contribution in [0, 0.1) is 10.1 Å². The number of methoxy groups -OCH3 is 1. The topological polar surface area (TPSA) is 92.9 Å². The second kappa shape index (κ2) is 5.15. The number of anilines is 1. The molecular formula is C10H12N2O5. The van der Waals surface area contributed by atoms with E-state index in [1.54, 1.807) is 6.92 Å². The summed E-state index contributed by atoms with van der Waals surface area (Å²) in [6.07, 6.45) is -1.26. The van der Waals surface area contributed by atoms with Crippen LogP contribution in [0.15, 0.2) is 18.2 Å². The summed E-state index contributed by atoms with van der Waals surface area (Å²) in [5, 5.41) is 19.9. The largest absolute Gasteiger partial charge is 0.494 e. The first kappa shape index (κ1) is 12.8. The Balaban J connectivity index is 3.45. The van der Waals surface area contributed by atoms with Gasteiger partial charge in [-0.2, -0.15) is 0 Å². The number of hydrogen-bond acceptors (Lipinski definition) is 4. The van der Waals surface area contributed by atoms with Gasteiger partial charge in [-0.25, -0.2) is 4.79 Å². The number of carboxylic acid groups (broad SMARTS) is 1. The number of hydrogen-bond donors (Lipinski definition) is 1. The highest BCUT2D eigenvalue weighted by Gasteiger charge is 2.26. The molecule has 1 rings (SSSR count). The van der Waals surface area contributed by atoms with Gasteiger partial charge < -0.3 is 9.84 Å². The van der Waals surface area contributed by atoms with Crippen molar-refractivity contribution in [3.63, 3.8) is 0 Å². The van der Waals surface area contributed by atoms with Crippen molar-refractivity contribution >= 4 is 17.5 Å². The third-order valence-corrected chi connectivity index (χ3v) is 2.21. The van der Waals surface area contributed by atoms with Gasteiger partial charge in [0.1, 0.15) is 5.75 Å². The van der Waals surface area contributed by atoms with Crippen LogP contribution in [0.2, 0.25) is 0 Å². The molecule has 0 aromatic heterocycles. The Morgan fingerprint density at radius 3 is 2.65 bits per heavy atom. The van der Waals surface area contributed by atoms with Crippen LogP contribution in [0.25, 0.3) is 0 Å². The molecule has 0 saturated heterocycles. The summed E-state index contributed by atoms with van der Waals surface area (Å²) in [6.45, 7) is 1.68. The molecule has 7 heteroatoms. The summed E-state index contributed by atoms with van der Waals surface area (Å²) >= 11 is 0. The van der Waals surface area contributed by atoms with Crippen molar-refractivity contribution in [3.05, 3.63) is 28.3 Å². The van der Waals surface area contributed by atoms with E-state index in [0.717, 1.165) is 4.90 Å². The number of ether oxygens (including phenoxy) is 1. The van der Waals surface area contributed by atoms with Crippen LogP contribution in [0.3, 0.4) is 0 Å². The number of rotatable bonds is 4. The lowest BCUT2D eigenvalue weighted by atomic mass is 10.2. The van der Waals surface area contributed by atoms with Crippen molar-refractivity contribution in [1.82, 2.24) is 0 Å². The van der Waals surface area contributed by atoms with Gasteiger partial charge in [0, 0.05) is 12.6 Å². The Bertz CT molecular complexity index is 446. The van der Waals surface area contributed by atoms with Crippen molar-refractivity contribution in [2.45, 2.75) is 6.92 Å². The van der Waals surface area contributed by atoms with E-state index in [9.17, 15) is 14.9 Å². The molecule has 17 heavy (non-hydrogen) atoms. The van der Waals surface area contributed by atoms with Crippen molar-refractivity contribution in [3.8, 4) is 5.75 Å². The van der Waals surface area contributed by atoms with Crippen LogP contribution < -0.4 is 9.64 Å². The Hall–Kier alpha value is -2.31. The first-order valence-corrected chi connectivity index (χ1v) is 4.84. The Morgan fingerprint density at radius 2 is 2.24 bits per heavy atom. The average molecular weight is 240 g/mol. The maximum atomic E-state index is 11.0. The van der Waals surface area contributed by atoms with Gasteiger partial charge in [-0.15, -0.1) is 0 Å². The smallest absolute Gasteiger partial charge is 0.412 e. The zero-order valence-electron chi connectivity index (χ0n) is 9.41. The van der Waals surface area contributed by atoms with Gasteiger partial charge in [-0.05, 0) is 13.0 Å². The molecule has 0 bridgehead atoms. The molecule has 0 heterocycles. The summed E-state index contributed by atoms with van der Waals surface area (Å²) in [5.41, 5.74) is -0.344. The fraction of sp³-hybridized carbons (Fsp3) is 0.300. The third kappa shape index (κ3) is 2.44. The van der Waals surface area contributed by atoms with Gasteiger partial charge >= 0.3 is 6.09 Å². The lowest BCUT2D eigenvalue weighted by molar-refractivity contribution is -0.384. The summed E-state index contributed by atoms with van der Waals surface area (Å²) < 4.78 is 4.96. The molecule has 0 aliphatic rings. The molecule has 0 unspecified atom stereocenters. The molecule has 1 aromatic carbocycles. The Kier molecular flexibility index (Phi) is 3.86. The average Bonchev–Trinajstić information content (AvgIpc) is 2.29. The zero-order valence-corrected chi connectivity index (χ0v) is 9.41. The van der Waals surface area contributed by atoms with Gasteiger partial charge in [-0.1, -0.05) is 6.07 Å². The number of nitro benzene ring substituents is 1. The van der Waals surface area contributed by atoms with Crippen LogP contribution in [0.1, 0.15) is 6.92 Å². The highest BCUT2D eigenvalue weighted by Crippen LogP contribution is 2.37. The standard InChI is InChI=1S/C10H12N2O5/c1-3-11(10(13)14)9-7(12(15)16)5-4-6-8(9)17-2/h4-6H,3H2,1-2H3,(H,13,14). The number of carbonyl (C=O) groups is 1. The molecule has 0 aliphatic heterocycles. The van der Waals surface area contributed by atoms with E-state index in [-0.39, 0.29) is 23.7 Å². The molecule has 0 aliphatic carbocycles. The highest BCUT2D eigenvalue weighted by molar-refractivity contribution is 5.92. The molecule has 0 spiro atoms. The zero-order chi connectivity index (χ0) is 13.0. The van der Waals surface area contributed by atoms with E-state index in [4.69, 9.17) is 9.84 Å². The fourth-order valence-corrected chi connectivity index (χ4v) is 1.48. The van der Waals surface area contributed by atoms with Crippen molar-refractivity contribution in [2.75, 3.05) is 18.6 Å². The van der Waals surface area contributed by atoms with E-state index in [1.807, 2.05) is 0 Å². The number of para-hydroxylation sites is 1. The molecule has 0 atom stereocenters. The molecule has 1 aromatic rings. The van der Waals surface area contributed by atoms with Gasteiger partial charge in [0.25, 0.3) is 5.69 Å². The quantitative estimate of drug-likeness (QED) is 0.642. The van der Waals surface area contributed by atoms with Gasteiger partial charge in [0.2, 0.25) is 0 Å². The Morgan fingerprint density at radius 1 is 1.59 bits per heavy atom. The maximum absolute atomic E-state index is 11.0.